The van der Waals surface area contributed by atoms with E-state index >= 15 is 0 Å². The molecule has 0 N–H and O–H groups in total. The zero-order chi connectivity index (χ0) is 22.1. The number of ether oxygens (including phenoxy) is 2. The van der Waals surface area contributed by atoms with Gasteiger partial charge in [-0.3, -0.25) is 9.63 Å². The Morgan fingerprint density at radius 1 is 1.13 bits per heavy atom. The molecule has 7 heteroatoms. The maximum Gasteiger partial charge on any atom is 0.513 e. The Bertz CT molecular complexity index is 1010. The van der Waals surface area contributed by atoms with E-state index in [-0.39, 0.29) is 17.9 Å². The summed E-state index contributed by atoms with van der Waals surface area (Å²) in [7, 11) is 1.53. The van der Waals surface area contributed by atoms with Crippen molar-refractivity contribution in [1.29, 1.82) is 0 Å². The van der Waals surface area contributed by atoms with E-state index in [1.807, 2.05) is 49.4 Å². The standard InChI is InChI=1S/C23H24ClNO5/c1-6-28-22(27)29-20-19(21(26)25(5)30-23(20,3)4)18-13-16(8-7-14(18)2)15-9-11-17(24)12-10-15/h7-13H,6H2,1-5H3. The highest BCUT2D eigenvalue weighted by atomic mass is 35.5. The van der Waals surface area contributed by atoms with Gasteiger partial charge in [-0.05, 0) is 68.1 Å². The van der Waals surface area contributed by atoms with E-state index in [0.29, 0.717) is 10.6 Å². The Morgan fingerprint density at radius 2 is 1.77 bits per heavy atom. The maximum absolute atomic E-state index is 13.1. The Hall–Kier alpha value is -2.83. The molecular weight excluding hydrogens is 406 g/mol. The summed E-state index contributed by atoms with van der Waals surface area (Å²) in [6.07, 6.45) is -0.884. The molecule has 0 saturated carbocycles. The molecule has 0 atom stereocenters. The van der Waals surface area contributed by atoms with Gasteiger partial charge < -0.3 is 9.47 Å². The first kappa shape index (κ1) is 21.9. The van der Waals surface area contributed by atoms with Gasteiger partial charge in [-0.25, -0.2) is 9.86 Å². The Balaban J connectivity index is 2.20. The van der Waals surface area contributed by atoms with Crippen LogP contribution in [0.4, 0.5) is 4.79 Å². The Labute approximate surface area is 180 Å². The summed E-state index contributed by atoms with van der Waals surface area (Å²) in [5, 5.41) is 1.80. The number of likely N-dealkylation sites (N-methyl/N-ethyl adjacent to an activating group) is 1. The second-order valence-electron chi connectivity index (χ2n) is 7.43. The molecule has 30 heavy (non-hydrogen) atoms. The minimum Gasteiger partial charge on any atom is -0.434 e. The summed E-state index contributed by atoms with van der Waals surface area (Å²) >= 11 is 6.01. The number of aryl methyl sites for hydroxylation is 1. The van der Waals surface area contributed by atoms with Crippen molar-refractivity contribution in [3.63, 3.8) is 0 Å². The van der Waals surface area contributed by atoms with Crippen molar-refractivity contribution in [1.82, 2.24) is 5.06 Å². The number of rotatable bonds is 4. The van der Waals surface area contributed by atoms with Crippen molar-refractivity contribution in [2.24, 2.45) is 0 Å². The molecule has 3 rings (SSSR count). The molecule has 1 aliphatic heterocycles. The fraction of sp³-hybridized carbons (Fsp3) is 0.304. The minimum atomic E-state index is -1.06. The van der Waals surface area contributed by atoms with Gasteiger partial charge in [-0.15, -0.1) is 0 Å². The fourth-order valence-electron chi connectivity index (χ4n) is 3.34. The lowest BCUT2D eigenvalue weighted by Gasteiger charge is -2.37. The number of benzene rings is 2. The third-order valence-corrected chi connectivity index (χ3v) is 5.02. The van der Waals surface area contributed by atoms with Crippen LogP contribution >= 0.6 is 11.6 Å². The zero-order valence-corrected chi connectivity index (χ0v) is 18.4. The molecule has 1 amide bonds. The monoisotopic (exact) mass is 429 g/mol. The first-order valence-electron chi connectivity index (χ1n) is 9.57. The molecule has 0 aromatic heterocycles. The van der Waals surface area contributed by atoms with Crippen LogP contribution in [0.1, 0.15) is 31.9 Å². The van der Waals surface area contributed by atoms with Gasteiger partial charge in [0.05, 0.1) is 12.2 Å². The van der Waals surface area contributed by atoms with Gasteiger partial charge in [0.15, 0.2) is 5.76 Å². The van der Waals surface area contributed by atoms with Crippen LogP contribution in [0, 0.1) is 6.92 Å². The van der Waals surface area contributed by atoms with Crippen LogP contribution in [0.3, 0.4) is 0 Å². The van der Waals surface area contributed by atoms with Gasteiger partial charge in [-0.2, -0.15) is 0 Å². The van der Waals surface area contributed by atoms with Crippen LogP contribution in [0.2, 0.25) is 5.02 Å². The number of hydrogen-bond donors (Lipinski definition) is 0. The Morgan fingerprint density at radius 3 is 2.40 bits per heavy atom. The van der Waals surface area contributed by atoms with Crippen LogP contribution in [0.5, 0.6) is 0 Å². The van der Waals surface area contributed by atoms with Crippen molar-refractivity contribution < 1.29 is 23.9 Å². The van der Waals surface area contributed by atoms with Crippen LogP contribution in [-0.2, 0) is 19.1 Å². The van der Waals surface area contributed by atoms with Gasteiger partial charge in [-0.1, -0.05) is 35.9 Å². The van der Waals surface area contributed by atoms with Crippen LogP contribution in [0.15, 0.2) is 48.2 Å². The molecule has 6 nitrogen and oxygen atoms in total. The summed E-state index contributed by atoms with van der Waals surface area (Å²) in [4.78, 5) is 30.9. The number of halogens is 1. The summed E-state index contributed by atoms with van der Waals surface area (Å²) in [6.45, 7) is 7.18. The number of hydrogen-bond acceptors (Lipinski definition) is 5. The molecule has 0 saturated heterocycles. The van der Waals surface area contributed by atoms with Crippen LogP contribution in [-0.4, -0.2) is 36.4 Å². The van der Waals surface area contributed by atoms with Crippen molar-refractivity contribution in [3.8, 4) is 11.1 Å². The third kappa shape index (κ3) is 4.35. The van der Waals surface area contributed by atoms with Crippen molar-refractivity contribution in [2.75, 3.05) is 13.7 Å². The van der Waals surface area contributed by atoms with Crippen LogP contribution < -0.4 is 0 Å². The smallest absolute Gasteiger partial charge is 0.434 e. The van der Waals surface area contributed by atoms with E-state index in [9.17, 15) is 9.59 Å². The summed E-state index contributed by atoms with van der Waals surface area (Å²) in [5.74, 6) is -0.301. The predicted octanol–water partition coefficient (Wildman–Crippen LogP) is 5.38. The first-order chi connectivity index (χ1) is 14.1. The summed E-state index contributed by atoms with van der Waals surface area (Å²) in [6, 6.07) is 13.2. The van der Waals surface area contributed by atoms with Gasteiger partial charge >= 0.3 is 6.16 Å². The van der Waals surface area contributed by atoms with E-state index in [1.165, 1.54) is 7.05 Å². The molecule has 0 unspecified atom stereocenters. The molecule has 0 spiro atoms. The quantitative estimate of drug-likeness (QED) is 0.610. The maximum atomic E-state index is 13.1. The van der Waals surface area contributed by atoms with E-state index in [4.69, 9.17) is 25.9 Å². The second kappa shape index (κ2) is 8.50. The minimum absolute atomic E-state index is 0.111. The highest BCUT2D eigenvalue weighted by molar-refractivity contribution is 6.30. The van der Waals surface area contributed by atoms with E-state index in [2.05, 4.69) is 0 Å². The molecule has 0 bridgehead atoms. The van der Waals surface area contributed by atoms with Gasteiger partial charge in [0.2, 0.25) is 0 Å². The fourth-order valence-corrected chi connectivity index (χ4v) is 3.46. The third-order valence-electron chi connectivity index (χ3n) is 4.77. The highest BCUT2D eigenvalue weighted by Crippen LogP contribution is 2.39. The SMILES string of the molecule is CCOC(=O)OC1=C(c2cc(-c3ccc(Cl)cc3)ccc2C)C(=O)N(C)OC1(C)C. The number of carbonyl (C=O) groups is 2. The summed E-state index contributed by atoms with van der Waals surface area (Å²) in [5.41, 5.74) is 2.54. The average molecular weight is 430 g/mol. The topological polar surface area (TPSA) is 65.1 Å². The zero-order valence-electron chi connectivity index (χ0n) is 17.6. The lowest BCUT2D eigenvalue weighted by molar-refractivity contribution is -0.219. The molecule has 2 aromatic rings. The lowest BCUT2D eigenvalue weighted by Crippen LogP contribution is -2.46. The predicted molar refractivity (Wildman–Crippen MR) is 115 cm³/mol. The van der Waals surface area contributed by atoms with Crippen molar-refractivity contribution >= 4 is 29.2 Å². The largest absolute Gasteiger partial charge is 0.513 e. The number of hydroxylamine groups is 2. The second-order valence-corrected chi connectivity index (χ2v) is 7.87. The average Bonchev–Trinajstić information content (AvgIpc) is 2.68. The van der Waals surface area contributed by atoms with E-state index < -0.39 is 17.7 Å². The number of nitrogens with zero attached hydrogens (tertiary/aromatic N) is 1. The summed E-state index contributed by atoms with van der Waals surface area (Å²) < 4.78 is 10.4. The van der Waals surface area contributed by atoms with Gasteiger partial charge in [0, 0.05) is 12.1 Å². The molecule has 0 fully saturated rings. The Kier molecular flexibility index (Phi) is 6.19. The molecule has 158 valence electrons. The lowest BCUT2D eigenvalue weighted by atomic mass is 9.89. The number of amides is 1. The van der Waals surface area contributed by atoms with E-state index in [1.54, 1.807) is 20.8 Å². The normalized spacial score (nSPS) is 15.9. The molecule has 2 aromatic carbocycles. The highest BCUT2D eigenvalue weighted by Gasteiger charge is 2.43. The first-order valence-corrected chi connectivity index (χ1v) is 9.95. The molecule has 0 aliphatic carbocycles. The molecule has 0 radical (unpaired) electrons. The molecular formula is C23H24ClNO5. The van der Waals surface area contributed by atoms with Crippen molar-refractivity contribution in [2.45, 2.75) is 33.3 Å². The van der Waals surface area contributed by atoms with Gasteiger partial charge in [0.1, 0.15) is 5.60 Å². The van der Waals surface area contributed by atoms with Crippen LogP contribution in [0.25, 0.3) is 16.7 Å². The number of carbonyl (C=O) groups excluding carboxylic acids is 2. The van der Waals surface area contributed by atoms with E-state index in [0.717, 1.165) is 21.8 Å². The molecule has 1 aliphatic rings. The van der Waals surface area contributed by atoms with Gasteiger partial charge in [0.25, 0.3) is 5.91 Å². The molecule has 1 heterocycles. The van der Waals surface area contributed by atoms with Crippen molar-refractivity contribution in [3.05, 3.63) is 64.4 Å².